The maximum Gasteiger partial charge on any atom is 0.326 e. The molecule has 0 saturated heterocycles. The van der Waals surface area contributed by atoms with Gasteiger partial charge < -0.3 is 36.9 Å². The van der Waals surface area contributed by atoms with Crippen molar-refractivity contribution in [1.29, 1.82) is 0 Å². The average molecular weight is 552 g/mol. The number of aromatic amines is 1. The minimum absolute atomic E-state index is 0.0332. The number of hydrogen-bond donors (Lipinski definition) is 7. The van der Waals surface area contributed by atoms with Gasteiger partial charge in [-0.2, -0.15) is 0 Å². The highest BCUT2D eigenvalue weighted by molar-refractivity contribution is 5.94. The van der Waals surface area contributed by atoms with Crippen molar-refractivity contribution in [2.75, 3.05) is 0 Å². The fraction of sp³-hybridized carbons (Fsp3) is 0.379. The molecule has 5 unspecified atom stereocenters. The Balaban J connectivity index is 1.68. The third-order valence-electron chi connectivity index (χ3n) is 6.99. The minimum Gasteiger partial charge on any atom is -0.508 e. The van der Waals surface area contributed by atoms with Crippen LogP contribution in [0.2, 0.25) is 0 Å². The summed E-state index contributed by atoms with van der Waals surface area (Å²) < 4.78 is 0. The highest BCUT2D eigenvalue weighted by atomic mass is 16.4. The second-order valence-corrected chi connectivity index (χ2v) is 10.0. The molecule has 214 valence electrons. The first-order chi connectivity index (χ1) is 19.0. The summed E-state index contributed by atoms with van der Waals surface area (Å²) in [5.74, 6) is -3.33. The van der Waals surface area contributed by atoms with Crippen LogP contribution in [0.3, 0.4) is 0 Å². The minimum atomic E-state index is -1.18. The molecule has 0 bridgehead atoms. The molecule has 0 fully saturated rings. The van der Waals surface area contributed by atoms with E-state index in [0.29, 0.717) is 12.0 Å². The molecule has 11 nitrogen and oxygen atoms in total. The van der Waals surface area contributed by atoms with Crippen LogP contribution in [0.15, 0.2) is 54.7 Å². The number of hydrogen-bond acceptors (Lipinski definition) is 6. The molecular weight excluding hydrogens is 514 g/mol. The van der Waals surface area contributed by atoms with Crippen LogP contribution in [0.1, 0.15) is 38.3 Å². The van der Waals surface area contributed by atoms with Crippen LogP contribution >= 0.6 is 0 Å². The van der Waals surface area contributed by atoms with Gasteiger partial charge in [0, 0.05) is 23.5 Å². The molecule has 11 heteroatoms. The highest BCUT2D eigenvalue weighted by Crippen LogP contribution is 2.19. The lowest BCUT2D eigenvalue weighted by Gasteiger charge is -2.26. The average Bonchev–Trinajstić information content (AvgIpc) is 3.34. The first kappa shape index (κ1) is 30.2. The van der Waals surface area contributed by atoms with Crippen LogP contribution in [-0.4, -0.2) is 63.1 Å². The summed E-state index contributed by atoms with van der Waals surface area (Å²) in [6.07, 6.45) is 2.60. The topological polar surface area (TPSA) is 187 Å². The molecule has 3 rings (SSSR count). The van der Waals surface area contributed by atoms with E-state index < -0.39 is 47.9 Å². The Morgan fingerprint density at radius 1 is 0.900 bits per heavy atom. The maximum atomic E-state index is 13.2. The maximum absolute atomic E-state index is 13.2. The smallest absolute Gasteiger partial charge is 0.326 e. The molecule has 0 aliphatic heterocycles. The van der Waals surface area contributed by atoms with Crippen LogP contribution in [-0.2, 0) is 32.0 Å². The molecule has 0 saturated carbocycles. The number of carbonyl (C=O) groups excluding carboxylic acids is 3. The molecule has 8 N–H and O–H groups in total. The molecule has 1 aromatic heterocycles. The largest absolute Gasteiger partial charge is 0.508 e. The van der Waals surface area contributed by atoms with E-state index in [1.54, 1.807) is 25.3 Å². The molecular formula is C29H37N5O6. The van der Waals surface area contributed by atoms with Crippen molar-refractivity contribution in [3.63, 3.8) is 0 Å². The zero-order valence-electron chi connectivity index (χ0n) is 22.8. The number of amides is 3. The van der Waals surface area contributed by atoms with E-state index in [9.17, 15) is 29.4 Å². The van der Waals surface area contributed by atoms with Gasteiger partial charge in [-0.3, -0.25) is 14.4 Å². The summed E-state index contributed by atoms with van der Waals surface area (Å²) in [5, 5.41) is 27.9. The van der Waals surface area contributed by atoms with Gasteiger partial charge in [-0.1, -0.05) is 50.6 Å². The molecule has 3 aromatic rings. The van der Waals surface area contributed by atoms with E-state index in [-0.39, 0.29) is 24.5 Å². The zero-order valence-corrected chi connectivity index (χ0v) is 22.8. The van der Waals surface area contributed by atoms with E-state index in [4.69, 9.17) is 5.73 Å². The van der Waals surface area contributed by atoms with Crippen molar-refractivity contribution in [3.05, 3.63) is 65.9 Å². The number of carboxylic acids is 1. The van der Waals surface area contributed by atoms with E-state index in [1.165, 1.54) is 19.1 Å². The number of phenols is 1. The fourth-order valence-corrected chi connectivity index (χ4v) is 4.33. The zero-order chi connectivity index (χ0) is 29.4. The van der Waals surface area contributed by atoms with Crippen LogP contribution in [0, 0.1) is 5.92 Å². The van der Waals surface area contributed by atoms with Crippen molar-refractivity contribution in [1.82, 2.24) is 20.9 Å². The third kappa shape index (κ3) is 7.82. The molecule has 3 amide bonds. The normalized spacial score (nSPS) is 14.9. The number of aromatic nitrogens is 1. The van der Waals surface area contributed by atoms with E-state index >= 15 is 0 Å². The molecule has 1 heterocycles. The number of nitrogens with two attached hydrogens (primary N) is 1. The highest BCUT2D eigenvalue weighted by Gasteiger charge is 2.31. The Morgan fingerprint density at radius 2 is 1.57 bits per heavy atom. The van der Waals surface area contributed by atoms with E-state index in [1.807, 2.05) is 31.2 Å². The lowest BCUT2D eigenvalue weighted by Crippen LogP contribution is -2.57. The molecule has 40 heavy (non-hydrogen) atoms. The number of phenolic OH excluding ortho intramolecular Hbond substituents is 1. The summed E-state index contributed by atoms with van der Waals surface area (Å²) in [7, 11) is 0. The molecule has 0 aliphatic carbocycles. The molecule has 0 spiro atoms. The Bertz CT molecular complexity index is 1340. The molecule has 2 aromatic carbocycles. The monoisotopic (exact) mass is 551 g/mol. The number of fused-ring (bicyclic) bond motifs is 1. The van der Waals surface area contributed by atoms with Gasteiger partial charge in [0.25, 0.3) is 0 Å². The second-order valence-electron chi connectivity index (χ2n) is 10.0. The number of carboxylic acid groups (broad SMARTS) is 1. The quantitative estimate of drug-likeness (QED) is 0.168. The number of carbonyl (C=O) groups is 4. The predicted molar refractivity (Wildman–Crippen MR) is 150 cm³/mol. The van der Waals surface area contributed by atoms with Crippen molar-refractivity contribution >= 4 is 34.6 Å². The number of H-pyrrole nitrogens is 1. The van der Waals surface area contributed by atoms with Gasteiger partial charge in [0.15, 0.2) is 0 Å². The molecule has 0 aliphatic rings. The van der Waals surface area contributed by atoms with Crippen LogP contribution in [0.5, 0.6) is 5.75 Å². The van der Waals surface area contributed by atoms with E-state index in [2.05, 4.69) is 20.9 Å². The van der Waals surface area contributed by atoms with E-state index in [0.717, 1.165) is 16.5 Å². The van der Waals surface area contributed by atoms with Crippen LogP contribution < -0.4 is 21.7 Å². The van der Waals surface area contributed by atoms with Crippen molar-refractivity contribution < 1.29 is 29.4 Å². The van der Waals surface area contributed by atoms with Crippen LogP contribution in [0.4, 0.5) is 0 Å². The van der Waals surface area contributed by atoms with Crippen molar-refractivity contribution in [2.24, 2.45) is 11.7 Å². The first-order valence-corrected chi connectivity index (χ1v) is 13.2. The third-order valence-corrected chi connectivity index (χ3v) is 6.99. The molecule has 0 radical (unpaired) electrons. The Morgan fingerprint density at radius 3 is 2.23 bits per heavy atom. The van der Waals surface area contributed by atoms with Gasteiger partial charge in [0.1, 0.15) is 23.9 Å². The number of aromatic hydroxyl groups is 1. The second kappa shape index (κ2) is 13.6. The first-order valence-electron chi connectivity index (χ1n) is 13.2. The Kier molecular flexibility index (Phi) is 10.3. The van der Waals surface area contributed by atoms with Gasteiger partial charge in [-0.05, 0) is 48.6 Å². The number of rotatable bonds is 13. The van der Waals surface area contributed by atoms with Gasteiger partial charge in [-0.25, -0.2) is 4.79 Å². The summed E-state index contributed by atoms with van der Waals surface area (Å²) in [6.45, 7) is 5.00. The summed E-state index contributed by atoms with van der Waals surface area (Å²) in [5.41, 5.74) is 8.57. The number of nitrogens with one attached hydrogen (secondary N) is 4. The van der Waals surface area contributed by atoms with Gasteiger partial charge >= 0.3 is 5.97 Å². The lowest BCUT2D eigenvalue weighted by atomic mass is 9.98. The summed E-state index contributed by atoms with van der Waals surface area (Å²) in [4.78, 5) is 53.9. The Hall–Kier alpha value is -4.38. The SMILES string of the molecule is CCC(C)C(NC(=O)C(Cc1ccc(O)cc1)NC(=O)C(C)NC(=O)C(N)Cc1c[nH]c2ccccc12)C(=O)O. The van der Waals surface area contributed by atoms with Crippen LogP contribution in [0.25, 0.3) is 10.9 Å². The number of para-hydroxylation sites is 1. The van der Waals surface area contributed by atoms with Crippen molar-refractivity contribution in [3.8, 4) is 5.75 Å². The molecule has 5 atom stereocenters. The van der Waals surface area contributed by atoms with Gasteiger partial charge in [0.2, 0.25) is 17.7 Å². The fourth-order valence-electron chi connectivity index (χ4n) is 4.33. The van der Waals surface area contributed by atoms with Gasteiger partial charge in [-0.15, -0.1) is 0 Å². The standard InChI is InChI=1S/C29H37N5O6/c1-4-16(2)25(29(39)40)34-28(38)24(13-18-9-11-20(35)12-10-18)33-26(36)17(3)32-27(37)22(30)14-19-15-31-23-8-6-5-7-21(19)23/h5-12,15-17,22,24-25,31,35H,4,13-14,30H2,1-3H3,(H,32,37)(H,33,36)(H,34,38)(H,39,40). The van der Waals surface area contributed by atoms with Crippen molar-refractivity contribution in [2.45, 2.75) is 64.2 Å². The summed E-state index contributed by atoms with van der Waals surface area (Å²) in [6, 6.07) is 9.51. The lowest BCUT2D eigenvalue weighted by molar-refractivity contribution is -0.143. The predicted octanol–water partition coefficient (Wildman–Crippen LogP) is 1.59. The van der Waals surface area contributed by atoms with Gasteiger partial charge in [0.05, 0.1) is 6.04 Å². The number of benzene rings is 2. The Labute approximate surface area is 232 Å². The number of aliphatic carboxylic acids is 1. The summed E-state index contributed by atoms with van der Waals surface area (Å²) >= 11 is 0.